The van der Waals surface area contributed by atoms with Gasteiger partial charge >= 0.3 is 0 Å². The topological polar surface area (TPSA) is 54.5 Å². The number of nitrogens with one attached hydrogen (secondary N) is 1. The maximum Gasteiger partial charge on any atom is 0.253 e. The van der Waals surface area contributed by atoms with Crippen LogP contribution in [0.5, 0.6) is 5.75 Å². The normalized spacial score (nSPS) is 9.42. The lowest BCUT2D eigenvalue weighted by molar-refractivity contribution is 0.0797. The highest BCUT2D eigenvalue weighted by Crippen LogP contribution is 2.14. The molecular weight excluding hydrogens is 349 g/mol. The lowest BCUT2D eigenvalue weighted by Gasteiger charge is -2.17. The van der Waals surface area contributed by atoms with Gasteiger partial charge in [-0.05, 0) is 43.4 Å². The summed E-state index contributed by atoms with van der Waals surface area (Å²) in [5.74, 6) is 0.728. The summed E-state index contributed by atoms with van der Waals surface area (Å²) in [6, 6.07) is 12.9. The summed E-state index contributed by atoms with van der Waals surface area (Å²) in [5, 5.41) is 3.03. The van der Waals surface area contributed by atoms with Gasteiger partial charge in [0, 0.05) is 31.9 Å². The van der Waals surface area contributed by atoms with Crippen molar-refractivity contribution in [1.82, 2.24) is 15.2 Å². The fourth-order valence-corrected chi connectivity index (χ4v) is 1.94. The van der Waals surface area contributed by atoms with E-state index in [9.17, 15) is 4.79 Å². The van der Waals surface area contributed by atoms with E-state index in [-0.39, 0.29) is 30.7 Å². The zero-order valence-electron chi connectivity index (χ0n) is 13.8. The van der Waals surface area contributed by atoms with E-state index >= 15 is 0 Å². The summed E-state index contributed by atoms with van der Waals surface area (Å²) in [7, 11) is 3.66. The van der Waals surface area contributed by atoms with E-state index in [2.05, 4.69) is 10.3 Å². The van der Waals surface area contributed by atoms with Crippen LogP contribution in [0.4, 0.5) is 0 Å². The summed E-state index contributed by atoms with van der Waals surface area (Å²) in [5.41, 5.74) is 1.53. The number of rotatable bonds is 7. The molecule has 0 saturated heterocycles. The van der Waals surface area contributed by atoms with Crippen molar-refractivity contribution in [3.63, 3.8) is 0 Å². The van der Waals surface area contributed by atoms with Crippen molar-refractivity contribution in [2.75, 3.05) is 27.2 Å². The van der Waals surface area contributed by atoms with Crippen molar-refractivity contribution in [2.45, 2.75) is 6.61 Å². The Bertz CT molecular complexity index is 595. The number of benzene rings is 1. The van der Waals surface area contributed by atoms with Gasteiger partial charge < -0.3 is 15.0 Å². The highest BCUT2D eigenvalue weighted by Gasteiger charge is 2.10. The predicted molar refractivity (Wildman–Crippen MR) is 100 cm³/mol. The SMILES string of the molecule is CNCCN(C)C(=O)c1ccc(OCc2ccccn2)cc1.Cl.Cl. The number of carbonyl (C=O) groups is 1. The molecule has 1 aromatic heterocycles. The molecule has 1 N–H and O–H groups in total. The van der Waals surface area contributed by atoms with E-state index in [4.69, 9.17) is 4.74 Å². The van der Waals surface area contributed by atoms with E-state index in [0.717, 1.165) is 18.0 Å². The summed E-state index contributed by atoms with van der Waals surface area (Å²) >= 11 is 0. The molecule has 0 saturated carbocycles. The molecule has 0 aliphatic carbocycles. The minimum Gasteiger partial charge on any atom is -0.487 e. The van der Waals surface area contributed by atoms with Gasteiger partial charge in [0.25, 0.3) is 5.91 Å². The Labute approximate surface area is 155 Å². The number of nitrogens with zero attached hydrogens (tertiary/aromatic N) is 2. The number of carbonyl (C=O) groups excluding carboxylic acids is 1. The first kappa shape index (κ1) is 22.2. The molecule has 1 aromatic carbocycles. The third-order valence-electron chi connectivity index (χ3n) is 3.26. The number of hydrogen-bond acceptors (Lipinski definition) is 4. The molecule has 0 aliphatic rings. The van der Waals surface area contributed by atoms with Gasteiger partial charge in [0.05, 0.1) is 5.69 Å². The number of ether oxygens (including phenoxy) is 1. The molecular formula is C17H23Cl2N3O2. The lowest BCUT2D eigenvalue weighted by atomic mass is 10.2. The third-order valence-corrected chi connectivity index (χ3v) is 3.26. The summed E-state index contributed by atoms with van der Waals surface area (Å²) in [6.45, 7) is 1.86. The summed E-state index contributed by atoms with van der Waals surface area (Å²) in [6.07, 6.45) is 1.74. The Morgan fingerprint density at radius 2 is 1.88 bits per heavy atom. The summed E-state index contributed by atoms with van der Waals surface area (Å²) < 4.78 is 5.65. The Morgan fingerprint density at radius 3 is 2.46 bits per heavy atom. The molecule has 132 valence electrons. The van der Waals surface area contributed by atoms with Crippen LogP contribution in [0.3, 0.4) is 0 Å². The number of halogens is 2. The van der Waals surface area contributed by atoms with E-state index < -0.39 is 0 Å². The molecule has 7 heteroatoms. The second-order valence-electron chi connectivity index (χ2n) is 4.96. The maximum atomic E-state index is 12.2. The van der Waals surface area contributed by atoms with Gasteiger partial charge in [0.2, 0.25) is 0 Å². The van der Waals surface area contributed by atoms with Gasteiger partial charge in [-0.2, -0.15) is 0 Å². The van der Waals surface area contributed by atoms with Crippen LogP contribution in [-0.2, 0) is 6.61 Å². The molecule has 0 bridgehead atoms. The largest absolute Gasteiger partial charge is 0.487 e. The molecule has 0 aliphatic heterocycles. The van der Waals surface area contributed by atoms with Gasteiger partial charge in [-0.1, -0.05) is 6.07 Å². The molecule has 0 fully saturated rings. The zero-order chi connectivity index (χ0) is 15.8. The molecule has 1 heterocycles. The third kappa shape index (κ3) is 6.74. The van der Waals surface area contributed by atoms with Crippen molar-refractivity contribution in [1.29, 1.82) is 0 Å². The van der Waals surface area contributed by atoms with Crippen LogP contribution in [0, 0.1) is 0 Å². The van der Waals surface area contributed by atoms with Crippen molar-refractivity contribution in [3.8, 4) is 5.75 Å². The van der Waals surface area contributed by atoms with Crippen LogP contribution < -0.4 is 10.1 Å². The maximum absolute atomic E-state index is 12.2. The highest BCUT2D eigenvalue weighted by atomic mass is 35.5. The molecule has 24 heavy (non-hydrogen) atoms. The molecule has 5 nitrogen and oxygen atoms in total. The number of likely N-dealkylation sites (N-methyl/N-ethyl adjacent to an activating group) is 2. The molecule has 1 amide bonds. The van der Waals surface area contributed by atoms with Gasteiger partial charge in [-0.15, -0.1) is 24.8 Å². The second-order valence-corrected chi connectivity index (χ2v) is 4.96. The van der Waals surface area contributed by atoms with Crippen molar-refractivity contribution >= 4 is 30.7 Å². The minimum absolute atomic E-state index is 0. The fraction of sp³-hybridized carbons (Fsp3) is 0.294. The number of hydrogen-bond donors (Lipinski definition) is 1. The van der Waals surface area contributed by atoms with Crippen molar-refractivity contribution in [3.05, 3.63) is 59.9 Å². The molecule has 0 radical (unpaired) electrons. The van der Waals surface area contributed by atoms with Crippen LogP contribution in [0.25, 0.3) is 0 Å². The van der Waals surface area contributed by atoms with E-state index in [1.165, 1.54) is 0 Å². The number of pyridine rings is 1. The average Bonchev–Trinajstić information content (AvgIpc) is 2.58. The zero-order valence-corrected chi connectivity index (χ0v) is 15.4. The van der Waals surface area contributed by atoms with Crippen molar-refractivity contribution in [2.24, 2.45) is 0 Å². The predicted octanol–water partition coefficient (Wildman–Crippen LogP) is 2.80. The quantitative estimate of drug-likeness (QED) is 0.812. The second kappa shape index (κ2) is 11.7. The van der Waals surface area contributed by atoms with Crippen LogP contribution in [0.2, 0.25) is 0 Å². The molecule has 0 spiro atoms. The molecule has 0 atom stereocenters. The lowest BCUT2D eigenvalue weighted by Crippen LogP contribution is -2.32. The number of amides is 1. The van der Waals surface area contributed by atoms with E-state index in [1.54, 1.807) is 30.3 Å². The minimum atomic E-state index is 0. The van der Waals surface area contributed by atoms with Crippen LogP contribution in [0.1, 0.15) is 16.1 Å². The number of aromatic nitrogens is 1. The monoisotopic (exact) mass is 371 g/mol. The van der Waals surface area contributed by atoms with E-state index in [1.807, 2.05) is 37.4 Å². The fourth-order valence-electron chi connectivity index (χ4n) is 1.94. The van der Waals surface area contributed by atoms with Crippen molar-refractivity contribution < 1.29 is 9.53 Å². The standard InChI is InChI=1S/C17H21N3O2.2ClH/c1-18-11-12-20(2)17(21)14-6-8-16(9-7-14)22-13-15-5-3-4-10-19-15;;/h3-10,18H,11-13H2,1-2H3;2*1H. The molecule has 0 unspecified atom stereocenters. The van der Waals surface area contributed by atoms with Gasteiger partial charge in [-0.3, -0.25) is 9.78 Å². The van der Waals surface area contributed by atoms with Gasteiger partial charge in [0.15, 0.2) is 0 Å². The first-order valence-corrected chi connectivity index (χ1v) is 7.23. The first-order chi connectivity index (χ1) is 10.7. The average molecular weight is 372 g/mol. The summed E-state index contributed by atoms with van der Waals surface area (Å²) in [4.78, 5) is 18.1. The van der Waals surface area contributed by atoms with E-state index in [0.29, 0.717) is 18.7 Å². The van der Waals surface area contributed by atoms with Gasteiger partial charge in [0.1, 0.15) is 12.4 Å². The van der Waals surface area contributed by atoms with Crippen LogP contribution in [-0.4, -0.2) is 43.0 Å². The first-order valence-electron chi connectivity index (χ1n) is 7.23. The van der Waals surface area contributed by atoms with Gasteiger partial charge in [-0.25, -0.2) is 0 Å². The van der Waals surface area contributed by atoms with Crippen LogP contribution in [0.15, 0.2) is 48.7 Å². The Morgan fingerprint density at radius 1 is 1.17 bits per heavy atom. The Kier molecular flexibility index (Phi) is 10.8. The molecule has 2 rings (SSSR count). The van der Waals surface area contributed by atoms with Crippen LogP contribution >= 0.6 is 24.8 Å². The Balaban J connectivity index is 0.00000264. The highest BCUT2D eigenvalue weighted by molar-refractivity contribution is 5.94. The Hall–Kier alpha value is -1.82. The smallest absolute Gasteiger partial charge is 0.253 e. The molecule has 2 aromatic rings.